The van der Waals surface area contributed by atoms with Crippen LogP contribution in [0, 0.1) is 0 Å². The van der Waals surface area contributed by atoms with Gasteiger partial charge in [-0.15, -0.1) is 0 Å². The monoisotopic (exact) mass is 455 g/mol. The first-order valence-electron chi connectivity index (χ1n) is 12.6. The summed E-state index contributed by atoms with van der Waals surface area (Å²) in [6.07, 6.45) is 11.5. The second-order valence-corrected chi connectivity index (χ2v) is 9.77. The molecule has 186 valence electrons. The molecule has 1 saturated carbocycles. The van der Waals surface area contributed by atoms with E-state index in [2.05, 4.69) is 11.8 Å². The highest BCUT2D eigenvalue weighted by atomic mass is 16.7. The Labute approximate surface area is 194 Å². The third-order valence-corrected chi connectivity index (χ3v) is 6.57. The molecule has 2 aliphatic rings. The van der Waals surface area contributed by atoms with Crippen LogP contribution in [0.2, 0.25) is 0 Å². The van der Waals surface area contributed by atoms with Gasteiger partial charge in [-0.1, -0.05) is 32.1 Å². The quantitative estimate of drug-likeness (QED) is 0.561. The summed E-state index contributed by atoms with van der Waals surface area (Å²) in [7, 11) is 4.02. The van der Waals surface area contributed by atoms with E-state index in [1.165, 1.54) is 33.1 Å². The van der Waals surface area contributed by atoms with Gasteiger partial charge in [-0.2, -0.15) is 0 Å². The lowest BCUT2D eigenvalue weighted by atomic mass is 9.98. The highest BCUT2D eigenvalue weighted by Gasteiger charge is 2.42. The van der Waals surface area contributed by atoms with Gasteiger partial charge in [0.05, 0.1) is 18.2 Å². The summed E-state index contributed by atoms with van der Waals surface area (Å²) in [5.74, 6) is -0.490. The van der Waals surface area contributed by atoms with E-state index in [0.29, 0.717) is 0 Å². The van der Waals surface area contributed by atoms with Gasteiger partial charge in [0, 0.05) is 13.8 Å². The fraction of sp³-hybridized carbons (Fsp3) is 0.920. The van der Waals surface area contributed by atoms with Crippen molar-refractivity contribution < 1.29 is 28.5 Å². The van der Waals surface area contributed by atoms with Gasteiger partial charge in [0.25, 0.3) is 0 Å². The van der Waals surface area contributed by atoms with Crippen LogP contribution in [-0.4, -0.2) is 67.7 Å². The average molecular weight is 456 g/mol. The van der Waals surface area contributed by atoms with Crippen LogP contribution in [0.5, 0.6) is 0 Å². The van der Waals surface area contributed by atoms with Gasteiger partial charge in [0.2, 0.25) is 0 Å². The van der Waals surface area contributed by atoms with Gasteiger partial charge in [0.15, 0.2) is 12.4 Å². The molecule has 1 heterocycles. The Morgan fingerprint density at radius 1 is 0.781 bits per heavy atom. The molecule has 7 heteroatoms. The number of esters is 2. The first kappa shape index (κ1) is 27.1. The van der Waals surface area contributed by atoms with Crippen molar-refractivity contribution in [3.05, 3.63) is 0 Å². The highest BCUT2D eigenvalue weighted by Crippen LogP contribution is 2.29. The number of ether oxygens (including phenoxy) is 4. The normalized spacial score (nSPS) is 33.4. The lowest BCUT2D eigenvalue weighted by Crippen LogP contribution is -2.56. The Morgan fingerprint density at radius 3 is 1.81 bits per heavy atom. The van der Waals surface area contributed by atoms with E-state index >= 15 is 0 Å². The molecule has 2 rings (SSSR count). The number of hydrogen-bond donors (Lipinski definition) is 0. The molecule has 2 fully saturated rings. The van der Waals surface area contributed by atoms with E-state index in [1.807, 2.05) is 14.1 Å². The Bertz CT molecular complexity index is 569. The highest BCUT2D eigenvalue weighted by molar-refractivity contribution is 5.66. The Morgan fingerprint density at radius 2 is 1.28 bits per heavy atom. The topological polar surface area (TPSA) is 74.3 Å². The first-order chi connectivity index (χ1) is 15.3. The number of carbonyl (C=O) groups is 2. The van der Waals surface area contributed by atoms with Gasteiger partial charge >= 0.3 is 11.9 Å². The molecule has 0 bridgehead atoms. The van der Waals surface area contributed by atoms with E-state index in [1.54, 1.807) is 0 Å². The van der Waals surface area contributed by atoms with Crippen molar-refractivity contribution in [3.63, 3.8) is 0 Å². The number of hydrogen-bond acceptors (Lipinski definition) is 7. The molecule has 0 aromatic heterocycles. The maximum atomic E-state index is 11.8. The molecular formula is C25H45NO6. The molecule has 1 aliphatic carbocycles. The molecule has 32 heavy (non-hydrogen) atoms. The van der Waals surface area contributed by atoms with Gasteiger partial charge in [-0.05, 0) is 66.0 Å². The number of nitrogens with zero attached hydrogens (tertiary/aromatic N) is 1. The Balaban J connectivity index is 2.02. The zero-order valence-corrected chi connectivity index (χ0v) is 20.8. The molecule has 0 radical (unpaired) electrons. The summed E-state index contributed by atoms with van der Waals surface area (Å²) in [5.41, 5.74) is 0. The summed E-state index contributed by atoms with van der Waals surface area (Å²) in [6, 6.07) is 0.0619. The maximum absolute atomic E-state index is 11.8. The van der Waals surface area contributed by atoms with Crippen molar-refractivity contribution >= 4 is 11.9 Å². The molecule has 0 N–H and O–H groups in total. The van der Waals surface area contributed by atoms with Crippen LogP contribution in [-0.2, 0) is 28.5 Å². The lowest BCUT2D eigenvalue weighted by molar-refractivity contribution is -0.274. The molecule has 6 unspecified atom stereocenters. The molecule has 0 aromatic rings. The van der Waals surface area contributed by atoms with Gasteiger partial charge in [-0.25, -0.2) is 0 Å². The molecule has 0 spiro atoms. The molecule has 7 nitrogen and oxygen atoms in total. The molecule has 6 atom stereocenters. The van der Waals surface area contributed by atoms with Crippen LogP contribution >= 0.6 is 0 Å². The minimum Gasteiger partial charge on any atom is -0.463 e. The average Bonchev–Trinajstić information content (AvgIpc) is 2.72. The molecule has 0 aromatic carbocycles. The van der Waals surface area contributed by atoms with Crippen molar-refractivity contribution in [2.45, 2.75) is 135 Å². The Hall–Kier alpha value is -1.18. The zero-order valence-electron chi connectivity index (χ0n) is 20.8. The fourth-order valence-corrected chi connectivity index (χ4v) is 4.94. The number of carbonyl (C=O) groups excluding carboxylic acids is 2. The van der Waals surface area contributed by atoms with Crippen molar-refractivity contribution in [1.29, 1.82) is 0 Å². The first-order valence-corrected chi connectivity index (χ1v) is 12.6. The largest absolute Gasteiger partial charge is 0.463 e. The Kier molecular flexibility index (Phi) is 12.0. The third kappa shape index (κ3) is 9.75. The minimum absolute atomic E-state index is 0.0318. The molecule has 1 saturated heterocycles. The van der Waals surface area contributed by atoms with Crippen LogP contribution in [0.3, 0.4) is 0 Å². The fourth-order valence-electron chi connectivity index (χ4n) is 4.94. The summed E-state index contributed by atoms with van der Waals surface area (Å²) in [4.78, 5) is 25.3. The van der Waals surface area contributed by atoms with Crippen LogP contribution in [0.1, 0.15) is 97.8 Å². The van der Waals surface area contributed by atoms with E-state index in [9.17, 15) is 9.59 Å². The second kappa shape index (κ2) is 14.2. The number of likely N-dealkylation sites (N-methyl/N-ethyl adjacent to an activating group) is 1. The smallest absolute Gasteiger partial charge is 0.303 e. The van der Waals surface area contributed by atoms with Crippen molar-refractivity contribution in [2.75, 3.05) is 14.1 Å². The van der Waals surface area contributed by atoms with Crippen LogP contribution in [0.15, 0.2) is 0 Å². The zero-order chi connectivity index (χ0) is 23.5. The maximum Gasteiger partial charge on any atom is 0.303 e. The van der Waals surface area contributed by atoms with E-state index in [0.717, 1.165) is 57.8 Å². The van der Waals surface area contributed by atoms with Crippen LogP contribution in [0.25, 0.3) is 0 Å². The predicted octanol–water partition coefficient (Wildman–Crippen LogP) is 4.60. The van der Waals surface area contributed by atoms with Gasteiger partial charge in [-0.3, -0.25) is 9.59 Å². The molecule has 1 aliphatic heterocycles. The number of rotatable bonds is 5. The van der Waals surface area contributed by atoms with E-state index in [-0.39, 0.29) is 36.3 Å². The van der Waals surface area contributed by atoms with Gasteiger partial charge in [0.1, 0.15) is 6.10 Å². The summed E-state index contributed by atoms with van der Waals surface area (Å²) in [5, 5.41) is 0. The van der Waals surface area contributed by atoms with Crippen molar-refractivity contribution in [2.24, 2.45) is 0 Å². The molecular weight excluding hydrogens is 410 g/mol. The van der Waals surface area contributed by atoms with E-state index in [4.69, 9.17) is 18.9 Å². The summed E-state index contributed by atoms with van der Waals surface area (Å²) in [6.45, 7) is 4.99. The lowest BCUT2D eigenvalue weighted by Gasteiger charge is -2.43. The molecule has 0 amide bonds. The second-order valence-electron chi connectivity index (χ2n) is 9.77. The standard InChI is InChI=1S/C25H45NO6/c1-18-17-23(26(4)5)24(31-20(3)28)25(29-18)32-22-14-10-8-6-7-9-13-21(30-19(2)27)15-11-12-16-22/h18,21-25H,6-17H2,1-5H3. The van der Waals surface area contributed by atoms with Crippen molar-refractivity contribution in [1.82, 2.24) is 4.90 Å². The van der Waals surface area contributed by atoms with E-state index < -0.39 is 12.4 Å². The summed E-state index contributed by atoms with van der Waals surface area (Å²) >= 11 is 0. The predicted molar refractivity (Wildman–Crippen MR) is 123 cm³/mol. The van der Waals surface area contributed by atoms with Gasteiger partial charge < -0.3 is 23.8 Å². The SMILES string of the molecule is CC(=O)OC1CCCCCCCC(OC2OC(C)CC(N(C)C)C2OC(C)=O)CCCC1. The van der Waals surface area contributed by atoms with Crippen LogP contribution in [0.4, 0.5) is 0 Å². The summed E-state index contributed by atoms with van der Waals surface area (Å²) < 4.78 is 23.9. The van der Waals surface area contributed by atoms with Crippen molar-refractivity contribution in [3.8, 4) is 0 Å². The minimum atomic E-state index is -0.551. The van der Waals surface area contributed by atoms with Crippen LogP contribution < -0.4 is 0 Å². The third-order valence-electron chi connectivity index (χ3n) is 6.57.